The first-order chi connectivity index (χ1) is 11.5. The Bertz CT molecular complexity index is 819. The summed E-state index contributed by atoms with van der Waals surface area (Å²) in [5, 5.41) is 0.480. The van der Waals surface area contributed by atoms with Gasteiger partial charge in [-0.05, 0) is 36.4 Å². The summed E-state index contributed by atoms with van der Waals surface area (Å²) in [4.78, 5) is 26.6. The molecule has 3 rings (SSSR count). The third-order valence-corrected chi connectivity index (χ3v) is 4.22. The first kappa shape index (κ1) is 16.3. The van der Waals surface area contributed by atoms with Crippen molar-refractivity contribution in [1.29, 1.82) is 0 Å². The minimum Gasteiger partial charge on any atom is -0.493 e. The summed E-state index contributed by atoms with van der Waals surface area (Å²) in [5.41, 5.74) is 1.51. The number of benzene rings is 2. The van der Waals surface area contributed by atoms with Gasteiger partial charge in [0.25, 0.3) is 5.91 Å². The number of amides is 1. The molecule has 0 saturated carbocycles. The fraction of sp³-hybridized carbons (Fsp3) is 0.222. The number of anilines is 1. The van der Waals surface area contributed by atoms with Gasteiger partial charge in [0, 0.05) is 29.1 Å². The lowest BCUT2D eigenvalue weighted by Gasteiger charge is -2.29. The van der Waals surface area contributed by atoms with E-state index in [0.29, 0.717) is 39.9 Å². The van der Waals surface area contributed by atoms with Gasteiger partial charge < -0.3 is 14.4 Å². The van der Waals surface area contributed by atoms with E-state index >= 15 is 0 Å². The normalized spacial score (nSPS) is 13.5. The zero-order valence-electron chi connectivity index (χ0n) is 13.3. The third-order valence-electron chi connectivity index (χ3n) is 3.99. The van der Waals surface area contributed by atoms with Crippen molar-refractivity contribution in [2.75, 3.05) is 25.7 Å². The number of Topliss-reactive ketones (excluding diaryl/α,β-unsaturated/α-hetero) is 1. The van der Waals surface area contributed by atoms with Crippen LogP contribution in [0, 0.1) is 0 Å². The van der Waals surface area contributed by atoms with Gasteiger partial charge in [0.05, 0.1) is 19.9 Å². The van der Waals surface area contributed by atoms with E-state index in [0.717, 1.165) is 0 Å². The van der Waals surface area contributed by atoms with Gasteiger partial charge in [-0.1, -0.05) is 11.6 Å². The lowest BCUT2D eigenvalue weighted by molar-refractivity contribution is 0.0955. The van der Waals surface area contributed by atoms with Crippen LogP contribution in [0.4, 0.5) is 5.69 Å². The van der Waals surface area contributed by atoms with Gasteiger partial charge >= 0.3 is 0 Å². The van der Waals surface area contributed by atoms with Crippen LogP contribution >= 0.6 is 11.6 Å². The van der Waals surface area contributed by atoms with Crippen molar-refractivity contribution in [1.82, 2.24) is 0 Å². The van der Waals surface area contributed by atoms with Crippen LogP contribution < -0.4 is 14.4 Å². The maximum absolute atomic E-state index is 12.9. The average Bonchev–Trinajstić information content (AvgIpc) is 2.60. The molecule has 0 aromatic heterocycles. The lowest BCUT2D eigenvalue weighted by atomic mass is 9.99. The molecule has 0 spiro atoms. The van der Waals surface area contributed by atoms with Gasteiger partial charge in [0.1, 0.15) is 0 Å². The number of rotatable bonds is 3. The molecular weight excluding hydrogens is 330 g/mol. The van der Waals surface area contributed by atoms with Crippen molar-refractivity contribution in [2.45, 2.75) is 6.42 Å². The number of ether oxygens (including phenoxy) is 2. The van der Waals surface area contributed by atoms with Gasteiger partial charge in [-0.2, -0.15) is 0 Å². The van der Waals surface area contributed by atoms with Crippen LogP contribution in [0.25, 0.3) is 0 Å². The third kappa shape index (κ3) is 2.83. The van der Waals surface area contributed by atoms with Gasteiger partial charge in [-0.3, -0.25) is 9.59 Å². The van der Waals surface area contributed by atoms with Crippen LogP contribution in [0.3, 0.4) is 0 Å². The number of halogens is 1. The van der Waals surface area contributed by atoms with E-state index in [1.54, 1.807) is 41.3 Å². The van der Waals surface area contributed by atoms with Crippen LogP contribution in [0.5, 0.6) is 11.5 Å². The first-order valence-electron chi connectivity index (χ1n) is 7.42. The number of hydrogen-bond donors (Lipinski definition) is 0. The van der Waals surface area contributed by atoms with Crippen molar-refractivity contribution in [2.24, 2.45) is 0 Å². The molecule has 1 heterocycles. The molecular formula is C18H16ClNO4. The number of fused-ring (bicyclic) bond motifs is 1. The molecule has 0 radical (unpaired) electrons. The number of methoxy groups -OCH3 is 2. The van der Waals surface area contributed by atoms with Gasteiger partial charge in [0.2, 0.25) is 0 Å². The van der Waals surface area contributed by atoms with E-state index in [9.17, 15) is 9.59 Å². The van der Waals surface area contributed by atoms with E-state index in [1.165, 1.54) is 14.2 Å². The molecule has 6 heteroatoms. The van der Waals surface area contributed by atoms with E-state index in [1.807, 2.05) is 0 Å². The molecule has 0 bridgehead atoms. The molecule has 0 unspecified atom stereocenters. The Kier molecular flexibility index (Phi) is 4.44. The fourth-order valence-electron chi connectivity index (χ4n) is 2.77. The summed E-state index contributed by atoms with van der Waals surface area (Å²) in [6.07, 6.45) is 0.285. The van der Waals surface area contributed by atoms with Crippen molar-refractivity contribution in [3.8, 4) is 11.5 Å². The molecule has 124 valence electrons. The quantitative estimate of drug-likeness (QED) is 0.853. The van der Waals surface area contributed by atoms with Crippen LogP contribution in [0.1, 0.15) is 27.1 Å². The molecule has 2 aromatic carbocycles. The van der Waals surface area contributed by atoms with E-state index in [4.69, 9.17) is 21.1 Å². The van der Waals surface area contributed by atoms with Crippen molar-refractivity contribution < 1.29 is 19.1 Å². The molecule has 0 aliphatic carbocycles. The van der Waals surface area contributed by atoms with Crippen LogP contribution in [-0.4, -0.2) is 32.5 Å². The Balaban J connectivity index is 2.01. The van der Waals surface area contributed by atoms with Crippen molar-refractivity contribution in [3.63, 3.8) is 0 Å². The predicted molar refractivity (Wildman–Crippen MR) is 91.6 cm³/mol. The second-order valence-electron chi connectivity index (χ2n) is 5.36. The maximum Gasteiger partial charge on any atom is 0.258 e. The molecule has 5 nitrogen and oxygen atoms in total. The highest BCUT2D eigenvalue weighted by molar-refractivity contribution is 6.31. The molecule has 0 N–H and O–H groups in total. The second-order valence-corrected chi connectivity index (χ2v) is 5.80. The number of nitrogens with zero attached hydrogens (tertiary/aromatic N) is 1. The van der Waals surface area contributed by atoms with Gasteiger partial charge in [0.15, 0.2) is 17.3 Å². The minimum absolute atomic E-state index is 0.0121. The monoisotopic (exact) mass is 345 g/mol. The van der Waals surface area contributed by atoms with Crippen LogP contribution in [0.15, 0.2) is 36.4 Å². The number of carbonyl (C=O) groups is 2. The Hall–Kier alpha value is -2.53. The van der Waals surface area contributed by atoms with E-state index in [2.05, 4.69) is 0 Å². The lowest BCUT2D eigenvalue weighted by Crippen LogP contribution is -2.37. The summed E-state index contributed by atoms with van der Waals surface area (Å²) in [7, 11) is 3.05. The number of carbonyl (C=O) groups excluding carboxylic acids is 2. The van der Waals surface area contributed by atoms with Gasteiger partial charge in [-0.15, -0.1) is 0 Å². The highest BCUT2D eigenvalue weighted by Gasteiger charge is 2.28. The topological polar surface area (TPSA) is 55.8 Å². The fourth-order valence-corrected chi connectivity index (χ4v) is 2.93. The van der Waals surface area contributed by atoms with Crippen molar-refractivity contribution in [3.05, 3.63) is 52.5 Å². The zero-order chi connectivity index (χ0) is 17.3. The van der Waals surface area contributed by atoms with Crippen LogP contribution in [0.2, 0.25) is 5.02 Å². The average molecular weight is 346 g/mol. The molecule has 2 aromatic rings. The molecule has 0 saturated heterocycles. The standard InChI is InChI=1S/C18H16ClNO4/c1-23-16-6-3-11(9-17(16)24-2)18(22)20-8-7-15(21)13-5-4-12(19)10-14(13)20/h3-6,9-10H,7-8H2,1-2H3. The molecule has 1 aliphatic rings. The summed E-state index contributed by atoms with van der Waals surface area (Å²) in [5.74, 6) is 0.819. The largest absolute Gasteiger partial charge is 0.493 e. The highest BCUT2D eigenvalue weighted by atomic mass is 35.5. The van der Waals surface area contributed by atoms with E-state index < -0.39 is 0 Å². The number of ketones is 1. The molecule has 1 aliphatic heterocycles. The summed E-state index contributed by atoms with van der Waals surface area (Å²) in [6, 6.07) is 9.94. The smallest absolute Gasteiger partial charge is 0.258 e. The first-order valence-corrected chi connectivity index (χ1v) is 7.79. The molecule has 24 heavy (non-hydrogen) atoms. The molecule has 0 atom stereocenters. The Morgan fingerprint density at radius 3 is 2.54 bits per heavy atom. The summed E-state index contributed by atoms with van der Waals surface area (Å²) in [6.45, 7) is 0.319. The van der Waals surface area contributed by atoms with Crippen LogP contribution in [-0.2, 0) is 0 Å². The summed E-state index contributed by atoms with van der Waals surface area (Å²) >= 11 is 6.04. The van der Waals surface area contributed by atoms with Gasteiger partial charge in [-0.25, -0.2) is 0 Å². The minimum atomic E-state index is -0.216. The van der Waals surface area contributed by atoms with E-state index in [-0.39, 0.29) is 18.1 Å². The molecule has 1 amide bonds. The van der Waals surface area contributed by atoms with Crippen molar-refractivity contribution >= 4 is 29.0 Å². The Morgan fingerprint density at radius 2 is 1.83 bits per heavy atom. The summed E-state index contributed by atoms with van der Waals surface area (Å²) < 4.78 is 10.4. The number of hydrogen-bond acceptors (Lipinski definition) is 4. The Morgan fingerprint density at radius 1 is 1.08 bits per heavy atom. The predicted octanol–water partition coefficient (Wildman–Crippen LogP) is 3.59. The highest BCUT2D eigenvalue weighted by Crippen LogP contribution is 2.33. The SMILES string of the molecule is COc1ccc(C(=O)N2CCC(=O)c3ccc(Cl)cc32)cc1OC. The Labute approximate surface area is 144 Å². The molecule has 0 fully saturated rings. The zero-order valence-corrected chi connectivity index (χ0v) is 14.1. The maximum atomic E-state index is 12.9. The second kappa shape index (κ2) is 6.53.